The van der Waals surface area contributed by atoms with Gasteiger partial charge in [-0.05, 0) is 38.1 Å². The third-order valence-electron chi connectivity index (χ3n) is 4.08. The van der Waals surface area contributed by atoms with E-state index in [9.17, 15) is 8.42 Å². The molecule has 0 aromatic heterocycles. The molecule has 6 heteroatoms. The monoisotopic (exact) mass is 297 g/mol. The van der Waals surface area contributed by atoms with Crippen LogP contribution in [-0.4, -0.2) is 28.6 Å². The summed E-state index contributed by atoms with van der Waals surface area (Å²) in [5, 5.41) is 0. The Bertz CT molecular complexity index is 566. The predicted octanol–water partition coefficient (Wildman–Crippen LogP) is 1.95. The summed E-state index contributed by atoms with van der Waals surface area (Å²) in [6, 6.07) is 5.31. The molecule has 1 aliphatic carbocycles. The zero-order chi connectivity index (χ0) is 14.8. The summed E-state index contributed by atoms with van der Waals surface area (Å²) >= 11 is 0. The molecule has 3 N–H and O–H groups in total. The van der Waals surface area contributed by atoms with Crippen molar-refractivity contribution < 1.29 is 8.42 Å². The first-order chi connectivity index (χ1) is 9.45. The number of anilines is 2. The van der Waals surface area contributed by atoms with Crippen molar-refractivity contribution in [2.45, 2.75) is 43.0 Å². The fourth-order valence-corrected chi connectivity index (χ4v) is 3.53. The summed E-state index contributed by atoms with van der Waals surface area (Å²) in [6.45, 7) is 0. The van der Waals surface area contributed by atoms with Crippen LogP contribution in [0.3, 0.4) is 0 Å². The molecule has 1 saturated carbocycles. The van der Waals surface area contributed by atoms with Gasteiger partial charge in [0.1, 0.15) is 0 Å². The SMILES string of the molecule is CNS(=O)(=O)c1ccc(N)c(N(C)C2CCCCC2)c1. The van der Waals surface area contributed by atoms with Crippen LogP contribution in [-0.2, 0) is 10.0 Å². The Morgan fingerprint density at radius 2 is 1.90 bits per heavy atom. The number of sulfonamides is 1. The smallest absolute Gasteiger partial charge is 0.240 e. The molecular formula is C14H23N3O2S. The lowest BCUT2D eigenvalue weighted by molar-refractivity contribution is 0.428. The normalized spacial score (nSPS) is 17.1. The minimum atomic E-state index is -3.43. The van der Waals surface area contributed by atoms with E-state index in [1.165, 1.54) is 26.3 Å². The third kappa shape index (κ3) is 3.07. The first-order valence-corrected chi connectivity index (χ1v) is 8.50. The molecule has 0 amide bonds. The molecule has 1 fully saturated rings. The van der Waals surface area contributed by atoms with E-state index in [2.05, 4.69) is 9.62 Å². The molecule has 0 saturated heterocycles. The molecule has 0 radical (unpaired) electrons. The fourth-order valence-electron chi connectivity index (χ4n) is 2.78. The number of nitrogens with one attached hydrogen (secondary N) is 1. The number of rotatable bonds is 4. The summed E-state index contributed by atoms with van der Waals surface area (Å²) in [6.07, 6.45) is 6.01. The Hall–Kier alpha value is -1.27. The van der Waals surface area contributed by atoms with Crippen molar-refractivity contribution in [2.24, 2.45) is 0 Å². The summed E-state index contributed by atoms with van der Waals surface area (Å²) in [5.74, 6) is 0. The molecule has 0 bridgehead atoms. The minimum Gasteiger partial charge on any atom is -0.397 e. The van der Waals surface area contributed by atoms with E-state index in [-0.39, 0.29) is 4.90 Å². The van der Waals surface area contributed by atoms with Crippen molar-refractivity contribution in [3.8, 4) is 0 Å². The number of nitrogens with zero attached hydrogens (tertiary/aromatic N) is 1. The predicted molar refractivity (Wildman–Crippen MR) is 82.4 cm³/mol. The average molecular weight is 297 g/mol. The fraction of sp³-hybridized carbons (Fsp3) is 0.571. The highest BCUT2D eigenvalue weighted by Crippen LogP contribution is 2.31. The number of nitrogen functional groups attached to an aromatic ring is 1. The van der Waals surface area contributed by atoms with Crippen LogP contribution in [0.15, 0.2) is 23.1 Å². The highest BCUT2D eigenvalue weighted by molar-refractivity contribution is 7.89. The van der Waals surface area contributed by atoms with Gasteiger partial charge in [0.2, 0.25) is 10.0 Å². The molecule has 0 spiro atoms. The van der Waals surface area contributed by atoms with Gasteiger partial charge in [0.25, 0.3) is 0 Å². The molecule has 2 rings (SSSR count). The van der Waals surface area contributed by atoms with Gasteiger partial charge in [0, 0.05) is 13.1 Å². The molecule has 5 nitrogen and oxygen atoms in total. The van der Waals surface area contributed by atoms with Gasteiger partial charge in [-0.3, -0.25) is 0 Å². The quantitative estimate of drug-likeness (QED) is 0.833. The van der Waals surface area contributed by atoms with E-state index in [4.69, 9.17) is 5.73 Å². The van der Waals surface area contributed by atoms with Gasteiger partial charge in [-0.2, -0.15) is 0 Å². The van der Waals surface area contributed by atoms with Crippen LogP contribution in [0.25, 0.3) is 0 Å². The highest BCUT2D eigenvalue weighted by atomic mass is 32.2. The lowest BCUT2D eigenvalue weighted by Crippen LogP contribution is -2.34. The minimum absolute atomic E-state index is 0.256. The van der Waals surface area contributed by atoms with E-state index < -0.39 is 10.0 Å². The zero-order valence-electron chi connectivity index (χ0n) is 12.1. The number of hydrogen-bond acceptors (Lipinski definition) is 4. The van der Waals surface area contributed by atoms with Gasteiger partial charge in [-0.15, -0.1) is 0 Å². The van der Waals surface area contributed by atoms with Crippen molar-refractivity contribution >= 4 is 21.4 Å². The molecule has 20 heavy (non-hydrogen) atoms. The molecular weight excluding hydrogens is 274 g/mol. The molecule has 1 aromatic carbocycles. The van der Waals surface area contributed by atoms with Crippen LogP contribution in [0.1, 0.15) is 32.1 Å². The standard InChI is InChI=1S/C14H23N3O2S/c1-16-20(18,19)12-8-9-13(15)14(10-12)17(2)11-6-4-3-5-7-11/h8-11,16H,3-7,15H2,1-2H3. The van der Waals surface area contributed by atoms with E-state index in [0.29, 0.717) is 11.7 Å². The molecule has 112 valence electrons. The van der Waals surface area contributed by atoms with Gasteiger partial charge < -0.3 is 10.6 Å². The Kier molecular flexibility index (Phi) is 4.55. The van der Waals surface area contributed by atoms with E-state index in [1.54, 1.807) is 18.2 Å². The van der Waals surface area contributed by atoms with Crippen LogP contribution < -0.4 is 15.4 Å². The average Bonchev–Trinajstić information content (AvgIpc) is 2.47. The first-order valence-electron chi connectivity index (χ1n) is 7.01. The van der Waals surface area contributed by atoms with E-state index >= 15 is 0 Å². The molecule has 0 unspecified atom stereocenters. The number of nitrogens with two attached hydrogens (primary N) is 1. The maximum absolute atomic E-state index is 11.9. The van der Waals surface area contributed by atoms with Gasteiger partial charge in [0.05, 0.1) is 16.3 Å². The largest absolute Gasteiger partial charge is 0.397 e. The Morgan fingerprint density at radius 3 is 2.50 bits per heavy atom. The highest BCUT2D eigenvalue weighted by Gasteiger charge is 2.21. The molecule has 0 aliphatic heterocycles. The van der Waals surface area contributed by atoms with Gasteiger partial charge in [-0.1, -0.05) is 19.3 Å². The van der Waals surface area contributed by atoms with Crippen molar-refractivity contribution in [2.75, 3.05) is 24.7 Å². The topological polar surface area (TPSA) is 75.4 Å². The number of hydrogen-bond donors (Lipinski definition) is 2. The summed E-state index contributed by atoms with van der Waals surface area (Å²) in [7, 11) is -0.0235. The Balaban J connectivity index is 2.33. The number of benzene rings is 1. The van der Waals surface area contributed by atoms with Gasteiger partial charge in [0.15, 0.2) is 0 Å². The van der Waals surface area contributed by atoms with Gasteiger partial charge in [-0.25, -0.2) is 13.1 Å². The van der Waals surface area contributed by atoms with Crippen molar-refractivity contribution in [1.82, 2.24) is 4.72 Å². The Morgan fingerprint density at radius 1 is 1.25 bits per heavy atom. The lowest BCUT2D eigenvalue weighted by atomic mass is 9.94. The summed E-state index contributed by atoms with van der Waals surface area (Å²) in [4.78, 5) is 2.38. The second-order valence-corrected chi connectivity index (χ2v) is 7.22. The maximum Gasteiger partial charge on any atom is 0.240 e. The lowest BCUT2D eigenvalue weighted by Gasteiger charge is -2.33. The Labute approximate surface area is 121 Å². The van der Waals surface area contributed by atoms with Crippen molar-refractivity contribution in [1.29, 1.82) is 0 Å². The molecule has 1 aliphatic rings. The second-order valence-electron chi connectivity index (χ2n) is 5.33. The maximum atomic E-state index is 11.9. The second kappa shape index (κ2) is 6.01. The van der Waals surface area contributed by atoms with Crippen LogP contribution >= 0.6 is 0 Å². The summed E-state index contributed by atoms with van der Waals surface area (Å²) < 4.78 is 26.1. The van der Waals surface area contributed by atoms with Gasteiger partial charge >= 0.3 is 0 Å². The zero-order valence-corrected chi connectivity index (χ0v) is 12.9. The van der Waals surface area contributed by atoms with Crippen LogP contribution in [0.2, 0.25) is 0 Å². The van der Waals surface area contributed by atoms with Crippen molar-refractivity contribution in [3.05, 3.63) is 18.2 Å². The van der Waals surface area contributed by atoms with Crippen molar-refractivity contribution in [3.63, 3.8) is 0 Å². The molecule has 0 heterocycles. The van der Waals surface area contributed by atoms with E-state index in [0.717, 1.165) is 18.5 Å². The molecule has 1 aromatic rings. The first kappa shape index (κ1) is 15.1. The summed E-state index contributed by atoms with van der Waals surface area (Å²) in [5.41, 5.74) is 7.44. The molecule has 0 atom stereocenters. The van der Waals surface area contributed by atoms with Crippen LogP contribution in [0.4, 0.5) is 11.4 Å². The van der Waals surface area contributed by atoms with Crippen LogP contribution in [0, 0.1) is 0 Å². The third-order valence-corrected chi connectivity index (χ3v) is 5.50. The van der Waals surface area contributed by atoms with E-state index in [1.807, 2.05) is 7.05 Å². The van der Waals surface area contributed by atoms with Crippen LogP contribution in [0.5, 0.6) is 0 Å².